The van der Waals surface area contributed by atoms with Crippen LogP contribution in [-0.2, 0) is 15.7 Å². The highest BCUT2D eigenvalue weighted by Crippen LogP contribution is 2.30. The summed E-state index contributed by atoms with van der Waals surface area (Å²) < 4.78 is 57.3. The van der Waals surface area contributed by atoms with Gasteiger partial charge in [-0.15, -0.1) is 0 Å². The molecular weight excluding hydrogens is 366 g/mol. The number of hydrogen-bond donors (Lipinski definition) is 1. The number of carbonyl (C=O) groups is 2. The molecule has 8 heteroatoms. The second-order valence-electron chi connectivity index (χ2n) is 6.62. The number of rotatable bonds is 9. The Morgan fingerprint density at radius 3 is 2.37 bits per heavy atom. The Kier molecular flexibility index (Phi) is 8.72. The van der Waals surface area contributed by atoms with Crippen LogP contribution in [-0.4, -0.2) is 24.5 Å². The molecule has 27 heavy (non-hydrogen) atoms. The smallest absolute Gasteiger partial charge is 0.416 e. The van der Waals surface area contributed by atoms with Crippen molar-refractivity contribution in [3.05, 3.63) is 35.1 Å². The minimum Gasteiger partial charge on any atom is -0.464 e. The summed E-state index contributed by atoms with van der Waals surface area (Å²) in [6.45, 7) is 5.52. The van der Waals surface area contributed by atoms with Gasteiger partial charge in [-0.3, -0.25) is 4.79 Å². The van der Waals surface area contributed by atoms with Crippen LogP contribution in [0.1, 0.15) is 62.4 Å². The van der Waals surface area contributed by atoms with Crippen molar-refractivity contribution < 1.29 is 31.9 Å². The van der Waals surface area contributed by atoms with Crippen LogP contribution in [0.15, 0.2) is 18.2 Å². The molecule has 152 valence electrons. The number of nitrogens with one attached hydrogen (secondary N) is 1. The fourth-order valence-corrected chi connectivity index (χ4v) is 2.38. The van der Waals surface area contributed by atoms with Gasteiger partial charge in [-0.05, 0) is 30.5 Å². The average Bonchev–Trinajstić information content (AvgIpc) is 2.58. The largest absolute Gasteiger partial charge is 0.464 e. The quantitative estimate of drug-likeness (QED) is 0.376. The van der Waals surface area contributed by atoms with Crippen molar-refractivity contribution in [1.29, 1.82) is 0 Å². The van der Waals surface area contributed by atoms with Crippen molar-refractivity contribution in [3.8, 4) is 0 Å². The Bertz CT molecular complexity index is 644. The monoisotopic (exact) mass is 391 g/mol. The third-order valence-electron chi connectivity index (χ3n) is 3.99. The maximum absolute atomic E-state index is 13.8. The number of esters is 1. The first kappa shape index (κ1) is 22.9. The van der Waals surface area contributed by atoms with E-state index in [4.69, 9.17) is 4.74 Å². The second-order valence-corrected chi connectivity index (χ2v) is 6.62. The van der Waals surface area contributed by atoms with Gasteiger partial charge in [-0.25, -0.2) is 9.18 Å². The van der Waals surface area contributed by atoms with E-state index >= 15 is 0 Å². The van der Waals surface area contributed by atoms with Gasteiger partial charge in [-0.1, -0.05) is 40.0 Å². The van der Waals surface area contributed by atoms with E-state index in [1.807, 2.05) is 6.92 Å². The molecule has 1 aromatic rings. The first-order chi connectivity index (χ1) is 12.6. The Balaban J connectivity index is 2.83. The summed E-state index contributed by atoms with van der Waals surface area (Å²) in [5.74, 6) is -3.27. The highest BCUT2D eigenvalue weighted by Gasteiger charge is 2.33. The zero-order valence-electron chi connectivity index (χ0n) is 15.7. The van der Waals surface area contributed by atoms with E-state index in [9.17, 15) is 27.2 Å². The van der Waals surface area contributed by atoms with Crippen molar-refractivity contribution >= 4 is 11.9 Å². The average molecular weight is 391 g/mol. The van der Waals surface area contributed by atoms with Crippen LogP contribution < -0.4 is 5.32 Å². The number of ether oxygens (including phenoxy) is 1. The van der Waals surface area contributed by atoms with E-state index in [2.05, 4.69) is 5.32 Å². The van der Waals surface area contributed by atoms with Crippen molar-refractivity contribution in [2.45, 2.75) is 58.7 Å². The lowest BCUT2D eigenvalue weighted by molar-refractivity contribution is -0.147. The summed E-state index contributed by atoms with van der Waals surface area (Å²) >= 11 is 0. The number of alkyl halides is 3. The molecule has 0 saturated heterocycles. The fraction of sp³-hybridized carbons (Fsp3) is 0.579. The minimum absolute atomic E-state index is 0.190. The van der Waals surface area contributed by atoms with E-state index in [0.717, 1.165) is 19.3 Å². The lowest BCUT2D eigenvalue weighted by atomic mass is 10.0. The fourth-order valence-electron chi connectivity index (χ4n) is 2.38. The molecule has 1 aromatic carbocycles. The van der Waals surface area contributed by atoms with Crippen molar-refractivity contribution in [2.24, 2.45) is 5.92 Å². The molecular formula is C19H25F4NO3. The first-order valence-electron chi connectivity index (χ1n) is 8.92. The zero-order chi connectivity index (χ0) is 20.6. The Labute approximate surface area is 156 Å². The highest BCUT2D eigenvalue weighted by molar-refractivity contribution is 5.97. The second kappa shape index (κ2) is 10.3. The van der Waals surface area contributed by atoms with E-state index in [0.29, 0.717) is 24.6 Å². The van der Waals surface area contributed by atoms with Crippen LogP contribution in [0.25, 0.3) is 0 Å². The number of amides is 1. The van der Waals surface area contributed by atoms with Gasteiger partial charge in [0.2, 0.25) is 0 Å². The standard InChI is InChI=1S/C19H25F4NO3/c1-4-5-6-7-10-27-18(26)16(12(2)3)24-17(25)14-11-13(19(21,22)23)8-9-15(14)20/h8-9,11-12,16H,4-7,10H2,1-3H3,(H,24,25). The molecule has 0 radical (unpaired) electrons. The third kappa shape index (κ3) is 7.19. The summed E-state index contributed by atoms with van der Waals surface area (Å²) in [4.78, 5) is 24.4. The van der Waals surface area contributed by atoms with Gasteiger partial charge in [0.1, 0.15) is 11.9 Å². The maximum atomic E-state index is 13.8. The molecule has 0 aliphatic rings. The summed E-state index contributed by atoms with van der Waals surface area (Å²) in [6, 6.07) is 0.473. The van der Waals surface area contributed by atoms with Gasteiger partial charge in [0.25, 0.3) is 5.91 Å². The molecule has 0 saturated carbocycles. The van der Waals surface area contributed by atoms with E-state index in [-0.39, 0.29) is 12.5 Å². The number of halogens is 4. The molecule has 0 fully saturated rings. The molecule has 0 aliphatic carbocycles. The summed E-state index contributed by atoms with van der Waals surface area (Å²) in [5, 5.41) is 2.28. The predicted octanol–water partition coefficient (Wildman–Crippen LogP) is 4.72. The zero-order valence-corrected chi connectivity index (χ0v) is 15.7. The SMILES string of the molecule is CCCCCCOC(=O)C(NC(=O)c1cc(C(F)(F)F)ccc1F)C(C)C. The van der Waals surface area contributed by atoms with Crippen LogP contribution in [0.3, 0.4) is 0 Å². The summed E-state index contributed by atoms with van der Waals surface area (Å²) in [7, 11) is 0. The molecule has 1 unspecified atom stereocenters. The van der Waals surface area contributed by atoms with Gasteiger partial charge in [-0.2, -0.15) is 13.2 Å². The normalized spacial score (nSPS) is 12.7. The minimum atomic E-state index is -4.71. The van der Waals surface area contributed by atoms with Crippen LogP contribution in [0.5, 0.6) is 0 Å². The molecule has 1 atom stereocenters. The molecule has 1 rings (SSSR count). The van der Waals surface area contributed by atoms with Crippen molar-refractivity contribution in [1.82, 2.24) is 5.32 Å². The maximum Gasteiger partial charge on any atom is 0.416 e. The van der Waals surface area contributed by atoms with Crippen molar-refractivity contribution in [3.63, 3.8) is 0 Å². The van der Waals surface area contributed by atoms with Crippen LogP contribution in [0, 0.1) is 11.7 Å². The molecule has 0 spiro atoms. The van der Waals surface area contributed by atoms with E-state index < -0.39 is 41.0 Å². The molecule has 0 heterocycles. The number of hydrogen-bond acceptors (Lipinski definition) is 3. The highest BCUT2D eigenvalue weighted by atomic mass is 19.4. The predicted molar refractivity (Wildman–Crippen MR) is 92.6 cm³/mol. The van der Waals surface area contributed by atoms with Gasteiger partial charge >= 0.3 is 12.1 Å². The van der Waals surface area contributed by atoms with Crippen LogP contribution in [0.4, 0.5) is 17.6 Å². The number of benzene rings is 1. The topological polar surface area (TPSA) is 55.4 Å². The van der Waals surface area contributed by atoms with Gasteiger partial charge in [0.05, 0.1) is 17.7 Å². The molecule has 0 aliphatic heterocycles. The third-order valence-corrected chi connectivity index (χ3v) is 3.99. The van der Waals surface area contributed by atoms with Crippen LogP contribution in [0.2, 0.25) is 0 Å². The van der Waals surface area contributed by atoms with E-state index in [1.54, 1.807) is 13.8 Å². The molecule has 0 aromatic heterocycles. The van der Waals surface area contributed by atoms with E-state index in [1.165, 1.54) is 0 Å². The summed E-state index contributed by atoms with van der Waals surface area (Å²) in [6.07, 6.45) is -1.09. The summed E-state index contributed by atoms with van der Waals surface area (Å²) in [5.41, 5.74) is -1.92. The molecule has 0 bridgehead atoms. The number of unbranched alkanes of at least 4 members (excludes halogenated alkanes) is 3. The Hall–Kier alpha value is -2.12. The molecule has 1 N–H and O–H groups in total. The molecule has 4 nitrogen and oxygen atoms in total. The van der Waals surface area contributed by atoms with Gasteiger partial charge < -0.3 is 10.1 Å². The Morgan fingerprint density at radius 2 is 1.81 bits per heavy atom. The van der Waals surface area contributed by atoms with Crippen LogP contribution >= 0.6 is 0 Å². The lowest BCUT2D eigenvalue weighted by Crippen LogP contribution is -2.45. The van der Waals surface area contributed by atoms with Gasteiger partial charge in [0, 0.05) is 0 Å². The Morgan fingerprint density at radius 1 is 1.15 bits per heavy atom. The first-order valence-corrected chi connectivity index (χ1v) is 8.92. The van der Waals surface area contributed by atoms with Gasteiger partial charge in [0.15, 0.2) is 0 Å². The molecule has 1 amide bonds. The lowest BCUT2D eigenvalue weighted by Gasteiger charge is -2.21. The number of carbonyl (C=O) groups excluding carboxylic acids is 2. The van der Waals surface area contributed by atoms with Crippen molar-refractivity contribution in [2.75, 3.05) is 6.61 Å².